The molecule has 3 atom stereocenters. The zero-order chi connectivity index (χ0) is 17.8. The Labute approximate surface area is 148 Å². The maximum Gasteiger partial charge on any atom is 0.410 e. The van der Waals surface area contributed by atoms with E-state index in [1.807, 2.05) is 35.2 Å². The largest absolute Gasteiger partial charge is 0.445 e. The lowest BCUT2D eigenvalue weighted by Gasteiger charge is -2.49. The highest BCUT2D eigenvalue weighted by atomic mass is 16.6. The zero-order valence-corrected chi connectivity index (χ0v) is 14.5. The topological polar surface area (TPSA) is 59.1 Å². The predicted molar refractivity (Wildman–Crippen MR) is 92.9 cm³/mol. The number of ether oxygens (including phenoxy) is 2. The van der Waals surface area contributed by atoms with Crippen molar-refractivity contribution < 1.29 is 19.1 Å². The van der Waals surface area contributed by atoms with Crippen molar-refractivity contribution in [3.8, 4) is 0 Å². The van der Waals surface area contributed by atoms with Gasteiger partial charge in [0.25, 0.3) is 0 Å². The van der Waals surface area contributed by atoms with Gasteiger partial charge in [0, 0.05) is 6.54 Å². The first-order chi connectivity index (χ1) is 12.1. The maximum absolute atomic E-state index is 12.8. The molecule has 0 radical (unpaired) electrons. The molecule has 0 saturated carbocycles. The highest BCUT2D eigenvalue weighted by molar-refractivity contribution is 5.87. The predicted octanol–water partition coefficient (Wildman–Crippen LogP) is 2.20. The number of rotatable bonds is 4. The Morgan fingerprint density at radius 3 is 2.84 bits per heavy atom. The molecule has 2 amide bonds. The lowest BCUT2D eigenvalue weighted by atomic mass is 10.0. The molecule has 0 bridgehead atoms. The van der Waals surface area contributed by atoms with Crippen LogP contribution in [-0.4, -0.2) is 59.7 Å². The molecule has 6 heteroatoms. The van der Waals surface area contributed by atoms with Crippen LogP contribution in [0.5, 0.6) is 0 Å². The fourth-order valence-electron chi connectivity index (χ4n) is 3.44. The Morgan fingerprint density at radius 2 is 2.12 bits per heavy atom. The van der Waals surface area contributed by atoms with Crippen LogP contribution in [-0.2, 0) is 20.9 Å². The standard InChI is InChI=1S/C19H24N2O4/c1-3-7-16-12-24-13-17-10-20(14(2)18(22)21(16)17)19(23)25-11-15-8-5-4-6-9-15/h3-6,8-9,14,16-17H,1,7,10-13H2,2H3/t14-,16-,17+/m0/s1. The molecule has 2 fully saturated rings. The van der Waals surface area contributed by atoms with Gasteiger partial charge in [-0.05, 0) is 18.9 Å². The molecule has 0 N–H and O–H groups in total. The van der Waals surface area contributed by atoms with Crippen LogP contribution >= 0.6 is 0 Å². The molecule has 2 heterocycles. The zero-order valence-electron chi connectivity index (χ0n) is 14.5. The van der Waals surface area contributed by atoms with Gasteiger partial charge >= 0.3 is 6.09 Å². The summed E-state index contributed by atoms with van der Waals surface area (Å²) >= 11 is 0. The van der Waals surface area contributed by atoms with Gasteiger partial charge < -0.3 is 14.4 Å². The van der Waals surface area contributed by atoms with Crippen molar-refractivity contribution in [2.45, 2.75) is 38.1 Å². The summed E-state index contributed by atoms with van der Waals surface area (Å²) in [6.07, 6.45) is 2.03. The van der Waals surface area contributed by atoms with E-state index >= 15 is 0 Å². The highest BCUT2D eigenvalue weighted by Crippen LogP contribution is 2.25. The third-order valence-electron chi connectivity index (χ3n) is 4.77. The summed E-state index contributed by atoms with van der Waals surface area (Å²) in [4.78, 5) is 28.7. The minimum atomic E-state index is -0.537. The molecule has 2 aliphatic rings. The van der Waals surface area contributed by atoms with Gasteiger partial charge in [-0.3, -0.25) is 9.69 Å². The van der Waals surface area contributed by atoms with Gasteiger partial charge in [0.2, 0.25) is 5.91 Å². The molecule has 2 aliphatic heterocycles. The summed E-state index contributed by atoms with van der Waals surface area (Å²) in [5.41, 5.74) is 0.917. The van der Waals surface area contributed by atoms with Crippen molar-refractivity contribution in [3.05, 3.63) is 48.6 Å². The number of carbonyl (C=O) groups excluding carboxylic acids is 2. The normalized spacial score (nSPS) is 26.1. The molecule has 2 saturated heterocycles. The number of carbonyl (C=O) groups is 2. The van der Waals surface area contributed by atoms with E-state index in [0.29, 0.717) is 26.2 Å². The van der Waals surface area contributed by atoms with Crippen LogP contribution in [0.3, 0.4) is 0 Å². The molecule has 0 aromatic heterocycles. The Bertz CT molecular complexity index is 634. The molecule has 0 unspecified atom stereocenters. The van der Waals surface area contributed by atoms with Gasteiger partial charge in [0.1, 0.15) is 12.6 Å². The Kier molecular flexibility index (Phi) is 5.38. The molecular weight excluding hydrogens is 320 g/mol. The maximum atomic E-state index is 12.8. The molecule has 0 spiro atoms. The van der Waals surface area contributed by atoms with Gasteiger partial charge in [0.15, 0.2) is 0 Å². The van der Waals surface area contributed by atoms with Gasteiger partial charge in [-0.15, -0.1) is 6.58 Å². The van der Waals surface area contributed by atoms with Crippen molar-refractivity contribution in [1.29, 1.82) is 0 Å². The molecule has 6 nitrogen and oxygen atoms in total. The van der Waals surface area contributed by atoms with Gasteiger partial charge in [0.05, 0.1) is 25.3 Å². The van der Waals surface area contributed by atoms with E-state index in [-0.39, 0.29) is 24.6 Å². The summed E-state index contributed by atoms with van der Waals surface area (Å²) in [7, 11) is 0. The molecule has 1 aromatic carbocycles. The van der Waals surface area contributed by atoms with Crippen LogP contribution in [0.25, 0.3) is 0 Å². The summed E-state index contributed by atoms with van der Waals surface area (Å²) in [5.74, 6) is -0.0527. The molecule has 3 rings (SSSR count). The second-order valence-electron chi connectivity index (χ2n) is 6.48. The van der Waals surface area contributed by atoms with Crippen molar-refractivity contribution in [1.82, 2.24) is 9.80 Å². The van der Waals surface area contributed by atoms with E-state index in [2.05, 4.69) is 6.58 Å². The number of benzene rings is 1. The van der Waals surface area contributed by atoms with E-state index in [0.717, 1.165) is 5.56 Å². The number of morpholine rings is 1. The first-order valence-corrected chi connectivity index (χ1v) is 8.60. The molecule has 1 aromatic rings. The van der Waals surface area contributed by atoms with Crippen LogP contribution < -0.4 is 0 Å². The SMILES string of the molecule is C=CC[C@H]1COC[C@H]2CN(C(=O)OCc3ccccc3)[C@@H](C)C(=O)N12. The number of hydrogen-bond acceptors (Lipinski definition) is 4. The quantitative estimate of drug-likeness (QED) is 0.786. The first-order valence-electron chi connectivity index (χ1n) is 8.60. The number of piperazine rings is 1. The number of fused-ring (bicyclic) bond motifs is 1. The van der Waals surface area contributed by atoms with Gasteiger partial charge in [-0.2, -0.15) is 0 Å². The fraction of sp³-hybridized carbons (Fsp3) is 0.474. The molecular formula is C19H24N2O4. The van der Waals surface area contributed by atoms with Crippen molar-refractivity contribution in [2.75, 3.05) is 19.8 Å². The third-order valence-corrected chi connectivity index (χ3v) is 4.77. The highest BCUT2D eigenvalue weighted by Gasteiger charge is 2.45. The molecule has 134 valence electrons. The van der Waals surface area contributed by atoms with Crippen LogP contribution in [0, 0.1) is 0 Å². The Hall–Kier alpha value is -2.34. The molecule has 25 heavy (non-hydrogen) atoms. The van der Waals surface area contributed by atoms with Crippen LogP contribution in [0.15, 0.2) is 43.0 Å². The smallest absolute Gasteiger partial charge is 0.410 e. The number of hydrogen-bond donors (Lipinski definition) is 0. The van der Waals surface area contributed by atoms with Crippen LogP contribution in [0.2, 0.25) is 0 Å². The average Bonchev–Trinajstić information content (AvgIpc) is 2.64. The van der Waals surface area contributed by atoms with Gasteiger partial charge in [-0.1, -0.05) is 36.4 Å². The van der Waals surface area contributed by atoms with Gasteiger partial charge in [-0.25, -0.2) is 4.79 Å². The van der Waals surface area contributed by atoms with Crippen molar-refractivity contribution >= 4 is 12.0 Å². The van der Waals surface area contributed by atoms with Crippen molar-refractivity contribution in [2.24, 2.45) is 0 Å². The Balaban J connectivity index is 1.66. The average molecular weight is 344 g/mol. The van der Waals surface area contributed by atoms with Crippen LogP contribution in [0.1, 0.15) is 18.9 Å². The third kappa shape index (κ3) is 3.69. The van der Waals surface area contributed by atoms with E-state index in [1.165, 1.54) is 4.90 Å². The lowest BCUT2D eigenvalue weighted by molar-refractivity contribution is -0.160. The second kappa shape index (κ2) is 7.70. The van der Waals surface area contributed by atoms with E-state index in [9.17, 15) is 9.59 Å². The monoisotopic (exact) mass is 344 g/mol. The Morgan fingerprint density at radius 1 is 1.36 bits per heavy atom. The van der Waals surface area contributed by atoms with Crippen LogP contribution in [0.4, 0.5) is 4.79 Å². The second-order valence-corrected chi connectivity index (χ2v) is 6.48. The lowest BCUT2D eigenvalue weighted by Crippen LogP contribution is -2.68. The van der Waals surface area contributed by atoms with E-state index in [4.69, 9.17) is 9.47 Å². The fourth-order valence-corrected chi connectivity index (χ4v) is 3.44. The molecule has 0 aliphatic carbocycles. The number of nitrogens with zero attached hydrogens (tertiary/aromatic N) is 2. The minimum Gasteiger partial charge on any atom is -0.445 e. The minimum absolute atomic E-state index is 0.00584. The van der Waals surface area contributed by atoms with Crippen molar-refractivity contribution in [3.63, 3.8) is 0 Å². The summed E-state index contributed by atoms with van der Waals surface area (Å²) < 4.78 is 11.0. The first kappa shape index (κ1) is 17.5. The van der Waals surface area contributed by atoms with E-state index < -0.39 is 12.1 Å². The summed E-state index contributed by atoms with van der Waals surface area (Å²) in [6, 6.07) is 8.82. The van der Waals surface area contributed by atoms with E-state index in [1.54, 1.807) is 13.0 Å². The summed E-state index contributed by atoms with van der Waals surface area (Å²) in [5, 5.41) is 0. The summed E-state index contributed by atoms with van der Waals surface area (Å²) in [6.45, 7) is 7.08. The number of amides is 2.